The summed E-state index contributed by atoms with van der Waals surface area (Å²) in [5.41, 5.74) is 0. The van der Waals surface area contributed by atoms with E-state index in [1.165, 1.54) is 0 Å². The van der Waals surface area contributed by atoms with Crippen molar-refractivity contribution >= 4 is 30.1 Å². The van der Waals surface area contributed by atoms with Crippen LogP contribution in [0.5, 0.6) is 0 Å². The van der Waals surface area contributed by atoms with Gasteiger partial charge >= 0.3 is 0 Å². The van der Waals surface area contributed by atoms with E-state index in [4.69, 9.17) is 0 Å². The normalized spacial score (nSPS) is 21.7. The number of carbonyl (C=O) groups excluding carboxylic acids is 1. The van der Waals surface area contributed by atoms with Crippen molar-refractivity contribution in [1.29, 1.82) is 0 Å². The van der Waals surface area contributed by atoms with Gasteiger partial charge in [0.15, 0.2) is 0 Å². The number of hydrogen-bond acceptors (Lipinski definition) is 4. The van der Waals surface area contributed by atoms with Crippen LogP contribution in [0, 0.1) is 5.92 Å². The van der Waals surface area contributed by atoms with E-state index in [0.717, 1.165) is 70.0 Å². The van der Waals surface area contributed by atoms with Gasteiger partial charge < -0.3 is 15.5 Å². The van der Waals surface area contributed by atoms with Gasteiger partial charge in [-0.15, -0.1) is 12.4 Å². The molecule has 0 saturated carbocycles. The van der Waals surface area contributed by atoms with Gasteiger partial charge in [0.25, 0.3) is 0 Å². The zero-order valence-corrected chi connectivity index (χ0v) is 13.2. The molecule has 112 valence electrons. The first-order valence-corrected chi connectivity index (χ1v) is 8.30. The molecule has 0 atom stereocenters. The maximum Gasteiger partial charge on any atom is 0.223 e. The van der Waals surface area contributed by atoms with Gasteiger partial charge in [0.05, 0.1) is 0 Å². The van der Waals surface area contributed by atoms with Gasteiger partial charge in [0.1, 0.15) is 0 Å². The van der Waals surface area contributed by atoms with E-state index in [1.807, 2.05) is 11.8 Å². The van der Waals surface area contributed by atoms with Gasteiger partial charge in [0, 0.05) is 38.6 Å². The summed E-state index contributed by atoms with van der Waals surface area (Å²) in [5.74, 6) is 2.87. The fourth-order valence-electron chi connectivity index (χ4n) is 2.55. The Morgan fingerprint density at radius 2 is 1.95 bits per heavy atom. The number of halogens is 1. The van der Waals surface area contributed by atoms with E-state index in [-0.39, 0.29) is 24.2 Å². The predicted molar refractivity (Wildman–Crippen MR) is 84.2 cm³/mol. The molecule has 2 aliphatic heterocycles. The first-order chi connectivity index (χ1) is 8.86. The van der Waals surface area contributed by atoms with E-state index in [0.29, 0.717) is 0 Å². The summed E-state index contributed by atoms with van der Waals surface area (Å²) in [7, 11) is 0. The lowest BCUT2D eigenvalue weighted by Gasteiger charge is -2.27. The third-order valence-electron chi connectivity index (χ3n) is 3.75. The van der Waals surface area contributed by atoms with Crippen LogP contribution in [0.2, 0.25) is 0 Å². The second-order valence-corrected chi connectivity index (χ2v) is 6.35. The van der Waals surface area contributed by atoms with Crippen molar-refractivity contribution in [3.8, 4) is 0 Å². The molecule has 0 radical (unpaired) electrons. The van der Waals surface area contributed by atoms with Gasteiger partial charge in [-0.3, -0.25) is 4.79 Å². The topological polar surface area (TPSA) is 44.4 Å². The predicted octanol–water partition coefficient (Wildman–Crippen LogP) is 0.963. The van der Waals surface area contributed by atoms with Crippen molar-refractivity contribution in [2.45, 2.75) is 19.3 Å². The molecule has 2 heterocycles. The number of nitrogens with zero attached hydrogens (tertiary/aromatic N) is 1. The monoisotopic (exact) mass is 307 g/mol. The number of carbonyl (C=O) groups is 1. The first kappa shape index (κ1) is 17.1. The van der Waals surface area contributed by atoms with Crippen molar-refractivity contribution in [3.05, 3.63) is 0 Å². The van der Waals surface area contributed by atoms with E-state index in [1.54, 1.807) is 0 Å². The number of hydrogen-bond donors (Lipinski definition) is 2. The summed E-state index contributed by atoms with van der Waals surface area (Å²) in [5, 5.41) is 6.45. The molecule has 1 amide bonds. The van der Waals surface area contributed by atoms with Crippen LogP contribution < -0.4 is 10.6 Å². The van der Waals surface area contributed by atoms with Gasteiger partial charge in [-0.2, -0.15) is 11.8 Å². The quantitative estimate of drug-likeness (QED) is 0.743. The minimum atomic E-state index is 0. The number of rotatable bonds is 5. The maximum absolute atomic E-state index is 11.9. The molecule has 0 aliphatic carbocycles. The van der Waals surface area contributed by atoms with Crippen LogP contribution in [0.1, 0.15) is 19.3 Å². The summed E-state index contributed by atoms with van der Waals surface area (Å²) in [6, 6.07) is 0. The Balaban J connectivity index is 0.00000180. The summed E-state index contributed by atoms with van der Waals surface area (Å²) < 4.78 is 0. The average Bonchev–Trinajstić information content (AvgIpc) is 2.45. The van der Waals surface area contributed by atoms with Crippen LogP contribution >= 0.6 is 24.2 Å². The molecule has 0 aromatic heterocycles. The van der Waals surface area contributed by atoms with Crippen molar-refractivity contribution in [1.82, 2.24) is 15.5 Å². The molecule has 0 aromatic rings. The molecular weight excluding hydrogens is 282 g/mol. The molecule has 2 saturated heterocycles. The fourth-order valence-corrected chi connectivity index (χ4v) is 3.66. The number of amides is 1. The molecule has 6 heteroatoms. The zero-order valence-electron chi connectivity index (χ0n) is 11.5. The van der Waals surface area contributed by atoms with E-state index in [2.05, 4.69) is 15.5 Å². The molecule has 2 rings (SSSR count). The SMILES string of the molecule is Cl.O=C(NCCCN1CCNCC1)C1CCSCC1. The highest BCUT2D eigenvalue weighted by atomic mass is 35.5. The summed E-state index contributed by atoms with van der Waals surface area (Å²) in [6.07, 6.45) is 3.20. The molecule has 2 N–H and O–H groups in total. The summed E-state index contributed by atoms with van der Waals surface area (Å²) >= 11 is 1.97. The van der Waals surface area contributed by atoms with E-state index < -0.39 is 0 Å². The minimum absolute atomic E-state index is 0. The Morgan fingerprint density at radius 1 is 1.26 bits per heavy atom. The Bertz CT molecular complexity index is 256. The Kier molecular flexibility index (Phi) is 8.86. The molecule has 2 fully saturated rings. The highest BCUT2D eigenvalue weighted by Crippen LogP contribution is 2.22. The summed E-state index contributed by atoms with van der Waals surface area (Å²) in [4.78, 5) is 14.4. The third kappa shape index (κ3) is 6.34. The van der Waals surface area contributed by atoms with Crippen LogP contribution in [0.3, 0.4) is 0 Å². The van der Waals surface area contributed by atoms with Crippen LogP contribution in [-0.4, -0.2) is 61.6 Å². The van der Waals surface area contributed by atoms with Crippen molar-refractivity contribution < 1.29 is 4.79 Å². The highest BCUT2D eigenvalue weighted by molar-refractivity contribution is 7.99. The van der Waals surface area contributed by atoms with Gasteiger partial charge in [0.2, 0.25) is 5.91 Å². The Morgan fingerprint density at radius 3 is 2.63 bits per heavy atom. The second kappa shape index (κ2) is 9.86. The Hall–Kier alpha value is 0.0300. The molecule has 0 unspecified atom stereocenters. The Labute approximate surface area is 126 Å². The number of thioether (sulfide) groups is 1. The lowest BCUT2D eigenvalue weighted by molar-refractivity contribution is -0.125. The molecule has 0 bridgehead atoms. The first-order valence-electron chi connectivity index (χ1n) is 7.15. The maximum atomic E-state index is 11.9. The van der Waals surface area contributed by atoms with E-state index >= 15 is 0 Å². The molecule has 4 nitrogen and oxygen atoms in total. The molecular formula is C13H26ClN3OS. The highest BCUT2D eigenvalue weighted by Gasteiger charge is 2.20. The fraction of sp³-hybridized carbons (Fsp3) is 0.923. The van der Waals surface area contributed by atoms with Crippen LogP contribution in [-0.2, 0) is 4.79 Å². The van der Waals surface area contributed by atoms with Crippen molar-refractivity contribution in [3.63, 3.8) is 0 Å². The molecule has 19 heavy (non-hydrogen) atoms. The van der Waals surface area contributed by atoms with Crippen molar-refractivity contribution in [2.24, 2.45) is 5.92 Å². The lowest BCUT2D eigenvalue weighted by Crippen LogP contribution is -2.44. The van der Waals surface area contributed by atoms with Crippen molar-refractivity contribution in [2.75, 3.05) is 50.8 Å². The number of nitrogens with one attached hydrogen (secondary N) is 2. The van der Waals surface area contributed by atoms with Gasteiger partial charge in [-0.25, -0.2) is 0 Å². The zero-order chi connectivity index (χ0) is 12.6. The standard InChI is InChI=1S/C13H25N3OS.ClH/c17-13(12-2-10-18-11-3-12)15-4-1-7-16-8-5-14-6-9-16;/h12,14H,1-11H2,(H,15,17);1H. The minimum Gasteiger partial charge on any atom is -0.356 e. The van der Waals surface area contributed by atoms with E-state index in [9.17, 15) is 4.79 Å². The summed E-state index contributed by atoms with van der Waals surface area (Å²) in [6.45, 7) is 6.45. The van der Waals surface area contributed by atoms with Crippen LogP contribution in [0.25, 0.3) is 0 Å². The second-order valence-electron chi connectivity index (χ2n) is 5.12. The smallest absolute Gasteiger partial charge is 0.223 e. The average molecular weight is 308 g/mol. The molecule has 2 aliphatic rings. The van der Waals surface area contributed by atoms with Gasteiger partial charge in [-0.1, -0.05) is 0 Å². The lowest BCUT2D eigenvalue weighted by atomic mass is 10.0. The van der Waals surface area contributed by atoms with Crippen LogP contribution in [0.15, 0.2) is 0 Å². The largest absolute Gasteiger partial charge is 0.356 e. The molecule has 0 spiro atoms. The number of piperazine rings is 1. The third-order valence-corrected chi connectivity index (χ3v) is 4.80. The molecule has 0 aromatic carbocycles. The van der Waals surface area contributed by atoms with Crippen LogP contribution in [0.4, 0.5) is 0 Å². The van der Waals surface area contributed by atoms with Gasteiger partial charge in [-0.05, 0) is 37.3 Å².